The van der Waals surface area contributed by atoms with Crippen molar-refractivity contribution in [1.29, 1.82) is 0 Å². The summed E-state index contributed by atoms with van der Waals surface area (Å²) in [7, 11) is 0. The molecule has 1 aromatic heterocycles. The maximum atomic E-state index is 6.44. The number of hydrogen-bond acceptors (Lipinski definition) is 2. The summed E-state index contributed by atoms with van der Waals surface area (Å²) in [4.78, 5) is 0. The van der Waals surface area contributed by atoms with Crippen LogP contribution in [0.1, 0.15) is 59.2 Å². The van der Waals surface area contributed by atoms with Crippen molar-refractivity contribution in [1.82, 2.24) is 15.1 Å². The van der Waals surface area contributed by atoms with Crippen LogP contribution in [0.3, 0.4) is 0 Å². The van der Waals surface area contributed by atoms with Gasteiger partial charge in [0.2, 0.25) is 0 Å². The number of aromatic nitrogens is 2. The minimum Gasteiger partial charge on any atom is -0.306 e. The molecule has 2 rings (SSSR count). The van der Waals surface area contributed by atoms with Crippen molar-refractivity contribution in [2.75, 3.05) is 6.54 Å². The van der Waals surface area contributed by atoms with Gasteiger partial charge in [-0.1, -0.05) is 32.4 Å². The van der Waals surface area contributed by atoms with Gasteiger partial charge in [0.25, 0.3) is 0 Å². The van der Waals surface area contributed by atoms with Crippen LogP contribution in [0.25, 0.3) is 0 Å². The van der Waals surface area contributed by atoms with E-state index in [-0.39, 0.29) is 11.0 Å². The molecule has 0 aromatic carbocycles. The summed E-state index contributed by atoms with van der Waals surface area (Å²) < 4.78 is 2.08. The van der Waals surface area contributed by atoms with Crippen molar-refractivity contribution >= 4 is 11.6 Å². The molecule has 0 amide bonds. The Balaban J connectivity index is 2.60. The fourth-order valence-corrected chi connectivity index (χ4v) is 3.36. The number of nitrogens with one attached hydrogen (secondary N) is 1. The highest BCUT2D eigenvalue weighted by atomic mass is 35.5. The normalized spacial score (nSPS) is 25.1. The molecule has 1 saturated heterocycles. The van der Waals surface area contributed by atoms with Gasteiger partial charge in [-0.2, -0.15) is 5.10 Å². The highest BCUT2D eigenvalue weighted by Gasteiger charge is 2.48. The molecule has 102 valence electrons. The van der Waals surface area contributed by atoms with Gasteiger partial charge < -0.3 is 5.32 Å². The van der Waals surface area contributed by atoms with E-state index in [1.54, 1.807) is 6.20 Å². The molecule has 1 unspecified atom stereocenters. The first-order chi connectivity index (χ1) is 8.29. The summed E-state index contributed by atoms with van der Waals surface area (Å²) in [5.74, 6) is 0. The van der Waals surface area contributed by atoms with Crippen LogP contribution in [0.2, 0.25) is 5.02 Å². The van der Waals surface area contributed by atoms with Gasteiger partial charge in [0.05, 0.1) is 22.5 Å². The molecular weight excluding hydrogens is 246 g/mol. The van der Waals surface area contributed by atoms with E-state index in [1.807, 2.05) is 0 Å². The first-order valence-corrected chi connectivity index (χ1v) is 7.16. The van der Waals surface area contributed by atoms with Gasteiger partial charge in [-0.25, -0.2) is 0 Å². The Bertz CT molecular complexity index is 423. The zero-order valence-corrected chi connectivity index (χ0v) is 12.8. The fraction of sp³-hybridized carbons (Fsp3) is 0.786. The molecule has 18 heavy (non-hydrogen) atoms. The van der Waals surface area contributed by atoms with Crippen molar-refractivity contribution in [3.05, 3.63) is 16.9 Å². The lowest BCUT2D eigenvalue weighted by Crippen LogP contribution is -2.49. The Morgan fingerprint density at radius 3 is 2.56 bits per heavy atom. The minimum absolute atomic E-state index is 0.0646. The predicted octanol–water partition coefficient (Wildman–Crippen LogP) is 3.74. The van der Waals surface area contributed by atoms with E-state index in [2.05, 4.69) is 49.7 Å². The number of halogens is 1. The molecule has 0 aliphatic carbocycles. The molecular formula is C14H24ClN3. The molecule has 1 fully saturated rings. The average molecular weight is 270 g/mol. The van der Waals surface area contributed by atoms with E-state index >= 15 is 0 Å². The van der Waals surface area contributed by atoms with Crippen molar-refractivity contribution in [3.63, 3.8) is 0 Å². The van der Waals surface area contributed by atoms with Crippen molar-refractivity contribution in [3.8, 4) is 0 Å². The van der Waals surface area contributed by atoms with Gasteiger partial charge in [0.15, 0.2) is 0 Å². The summed E-state index contributed by atoms with van der Waals surface area (Å²) in [6, 6.07) is 0.328. The largest absolute Gasteiger partial charge is 0.306 e. The molecule has 1 atom stereocenters. The third-order valence-electron chi connectivity index (χ3n) is 4.08. The van der Waals surface area contributed by atoms with Crippen LogP contribution in [-0.2, 0) is 5.54 Å². The highest BCUT2D eigenvalue weighted by Crippen LogP contribution is 2.48. The first-order valence-electron chi connectivity index (χ1n) is 6.78. The van der Waals surface area contributed by atoms with Crippen LogP contribution in [0.5, 0.6) is 0 Å². The van der Waals surface area contributed by atoms with E-state index in [0.29, 0.717) is 6.04 Å². The number of hydrogen-bond donors (Lipinski definition) is 1. The molecule has 1 N–H and O–H groups in total. The van der Waals surface area contributed by atoms with E-state index in [9.17, 15) is 0 Å². The lowest BCUT2D eigenvalue weighted by Gasteiger charge is -2.43. The molecule has 0 radical (unpaired) electrons. The van der Waals surface area contributed by atoms with E-state index in [0.717, 1.165) is 23.7 Å². The Hall–Kier alpha value is -0.540. The van der Waals surface area contributed by atoms with Crippen LogP contribution in [0.4, 0.5) is 0 Å². The smallest absolute Gasteiger partial charge is 0.0837 e. The lowest BCUT2D eigenvalue weighted by atomic mass is 9.70. The van der Waals surface area contributed by atoms with Gasteiger partial charge in [-0.3, -0.25) is 4.68 Å². The van der Waals surface area contributed by atoms with Crippen LogP contribution >= 0.6 is 11.6 Å². The van der Waals surface area contributed by atoms with Gasteiger partial charge in [-0.05, 0) is 38.6 Å². The maximum absolute atomic E-state index is 6.44. The van der Waals surface area contributed by atoms with Crippen molar-refractivity contribution in [2.24, 2.45) is 5.41 Å². The number of rotatable bonds is 2. The minimum atomic E-state index is -0.0646. The second-order valence-electron chi connectivity index (χ2n) is 6.57. The van der Waals surface area contributed by atoms with Crippen LogP contribution in [0.15, 0.2) is 6.20 Å². The molecule has 0 spiro atoms. The zero-order chi connectivity index (χ0) is 13.6. The maximum Gasteiger partial charge on any atom is 0.0837 e. The monoisotopic (exact) mass is 269 g/mol. The van der Waals surface area contributed by atoms with E-state index in [4.69, 9.17) is 11.6 Å². The summed E-state index contributed by atoms with van der Waals surface area (Å²) in [5, 5.41) is 8.95. The summed E-state index contributed by atoms with van der Waals surface area (Å²) in [6.07, 6.45) is 4.09. The van der Waals surface area contributed by atoms with Gasteiger partial charge in [-0.15, -0.1) is 0 Å². The van der Waals surface area contributed by atoms with Crippen LogP contribution in [0, 0.1) is 5.41 Å². The molecule has 3 nitrogen and oxygen atoms in total. The zero-order valence-electron chi connectivity index (χ0n) is 12.0. The molecule has 1 aliphatic rings. The highest BCUT2D eigenvalue weighted by molar-refractivity contribution is 6.31. The quantitative estimate of drug-likeness (QED) is 0.886. The SMILES string of the molecule is CC(C)n1ncc(Cl)c1C1(C(C)(C)C)CCCN1. The second-order valence-corrected chi connectivity index (χ2v) is 6.97. The van der Waals surface area contributed by atoms with Crippen LogP contribution < -0.4 is 5.32 Å². The van der Waals surface area contributed by atoms with Gasteiger partial charge >= 0.3 is 0 Å². The van der Waals surface area contributed by atoms with Crippen LogP contribution in [-0.4, -0.2) is 16.3 Å². The van der Waals surface area contributed by atoms with Gasteiger partial charge in [0, 0.05) is 6.04 Å². The first kappa shape index (κ1) is 13.9. The molecule has 1 aromatic rings. The van der Waals surface area contributed by atoms with E-state index in [1.165, 1.54) is 6.42 Å². The number of nitrogens with zero attached hydrogens (tertiary/aromatic N) is 2. The summed E-state index contributed by atoms with van der Waals surface area (Å²) in [5.41, 5.74) is 1.20. The molecule has 0 bridgehead atoms. The lowest BCUT2D eigenvalue weighted by molar-refractivity contribution is 0.146. The molecule has 4 heteroatoms. The second kappa shape index (κ2) is 4.53. The summed E-state index contributed by atoms with van der Waals surface area (Å²) >= 11 is 6.44. The predicted molar refractivity (Wildman–Crippen MR) is 76.0 cm³/mol. The Morgan fingerprint density at radius 2 is 2.11 bits per heavy atom. The van der Waals surface area contributed by atoms with Crippen molar-refractivity contribution < 1.29 is 0 Å². The average Bonchev–Trinajstić information content (AvgIpc) is 2.82. The Labute approximate surface area is 115 Å². The molecule has 1 aliphatic heterocycles. The Kier molecular flexibility index (Phi) is 3.50. The topological polar surface area (TPSA) is 29.9 Å². The van der Waals surface area contributed by atoms with E-state index < -0.39 is 0 Å². The fourth-order valence-electron chi connectivity index (χ4n) is 3.07. The van der Waals surface area contributed by atoms with Crippen molar-refractivity contribution in [2.45, 2.75) is 59.0 Å². The molecule has 2 heterocycles. The standard InChI is InChI=1S/C14H24ClN3/c1-10(2)18-12(11(15)9-17-18)14(13(3,4)5)7-6-8-16-14/h9-10,16H,6-8H2,1-5H3. The summed E-state index contributed by atoms with van der Waals surface area (Å²) in [6.45, 7) is 12.2. The third kappa shape index (κ3) is 1.97. The molecule has 0 saturated carbocycles. The van der Waals surface area contributed by atoms with Gasteiger partial charge in [0.1, 0.15) is 0 Å². The Morgan fingerprint density at radius 1 is 1.44 bits per heavy atom. The third-order valence-corrected chi connectivity index (χ3v) is 4.36.